The van der Waals surface area contributed by atoms with Crippen molar-refractivity contribution in [1.29, 1.82) is 0 Å². The molecule has 1 aromatic rings. The van der Waals surface area contributed by atoms with Crippen molar-refractivity contribution in [3.05, 3.63) is 28.3 Å². The van der Waals surface area contributed by atoms with E-state index in [1.54, 1.807) is 0 Å². The van der Waals surface area contributed by atoms with E-state index in [0.29, 0.717) is 19.9 Å². The Kier molecular flexibility index (Phi) is 2.35. The maximum absolute atomic E-state index is 6.30. The SMILES string of the molecule is NCC1(c2cc3c(cc2Cl)COCO3)CC1. The van der Waals surface area contributed by atoms with Gasteiger partial charge in [-0.15, -0.1) is 0 Å². The first kappa shape index (κ1) is 10.4. The molecule has 1 aromatic carbocycles. The summed E-state index contributed by atoms with van der Waals surface area (Å²) in [6.45, 7) is 1.55. The minimum absolute atomic E-state index is 0.105. The van der Waals surface area contributed by atoms with Crippen molar-refractivity contribution in [2.75, 3.05) is 13.3 Å². The molecular formula is C12H14ClNO2. The highest BCUT2D eigenvalue weighted by Crippen LogP contribution is 2.51. The largest absolute Gasteiger partial charge is 0.467 e. The summed E-state index contributed by atoms with van der Waals surface area (Å²) in [5.74, 6) is 0.894. The van der Waals surface area contributed by atoms with Crippen LogP contribution in [0.15, 0.2) is 12.1 Å². The third kappa shape index (κ3) is 1.51. The lowest BCUT2D eigenvalue weighted by Crippen LogP contribution is -2.21. The normalized spacial score (nSPS) is 21.1. The smallest absolute Gasteiger partial charge is 0.189 e. The fourth-order valence-electron chi connectivity index (χ4n) is 2.24. The molecule has 0 unspecified atom stereocenters. The first-order valence-corrected chi connectivity index (χ1v) is 5.86. The van der Waals surface area contributed by atoms with Crippen molar-refractivity contribution >= 4 is 11.6 Å². The zero-order valence-corrected chi connectivity index (χ0v) is 9.72. The standard InChI is InChI=1S/C12H14ClNO2/c13-10-3-8-5-15-7-16-11(8)4-9(10)12(6-14)1-2-12/h3-4H,1-2,5-7,14H2. The number of ether oxygens (including phenoxy) is 2. The highest BCUT2D eigenvalue weighted by molar-refractivity contribution is 6.31. The van der Waals surface area contributed by atoms with Crippen LogP contribution in [0.1, 0.15) is 24.0 Å². The second-order valence-corrected chi connectivity index (χ2v) is 4.94. The van der Waals surface area contributed by atoms with Crippen molar-refractivity contribution in [2.24, 2.45) is 5.73 Å². The number of fused-ring (bicyclic) bond motifs is 1. The predicted molar refractivity (Wildman–Crippen MR) is 61.7 cm³/mol. The molecule has 0 spiro atoms. The Bertz CT molecular complexity index is 429. The molecule has 1 aliphatic carbocycles. The van der Waals surface area contributed by atoms with Crippen LogP contribution in [0, 0.1) is 0 Å². The number of hydrogen-bond donors (Lipinski definition) is 1. The molecule has 0 aromatic heterocycles. The van der Waals surface area contributed by atoms with Crippen LogP contribution in [-0.2, 0) is 16.8 Å². The van der Waals surface area contributed by atoms with E-state index in [9.17, 15) is 0 Å². The van der Waals surface area contributed by atoms with Gasteiger partial charge in [0.2, 0.25) is 0 Å². The monoisotopic (exact) mass is 239 g/mol. The van der Waals surface area contributed by atoms with Gasteiger partial charge in [0.15, 0.2) is 6.79 Å². The van der Waals surface area contributed by atoms with Crippen molar-refractivity contribution in [2.45, 2.75) is 24.9 Å². The van der Waals surface area contributed by atoms with Gasteiger partial charge in [-0.2, -0.15) is 0 Å². The first-order chi connectivity index (χ1) is 7.75. The van der Waals surface area contributed by atoms with Crippen LogP contribution in [0.2, 0.25) is 5.02 Å². The summed E-state index contributed by atoms with van der Waals surface area (Å²) in [7, 11) is 0. The molecule has 1 heterocycles. The quantitative estimate of drug-likeness (QED) is 0.861. The first-order valence-electron chi connectivity index (χ1n) is 5.49. The zero-order chi connectivity index (χ0) is 11.2. The average Bonchev–Trinajstić information content (AvgIpc) is 3.09. The summed E-state index contributed by atoms with van der Waals surface area (Å²) >= 11 is 6.30. The Morgan fingerprint density at radius 3 is 2.88 bits per heavy atom. The van der Waals surface area contributed by atoms with E-state index in [-0.39, 0.29) is 5.41 Å². The van der Waals surface area contributed by atoms with E-state index in [0.717, 1.165) is 34.7 Å². The number of benzene rings is 1. The van der Waals surface area contributed by atoms with Crippen molar-refractivity contribution < 1.29 is 9.47 Å². The second kappa shape index (κ2) is 3.62. The van der Waals surface area contributed by atoms with Gasteiger partial charge in [0.25, 0.3) is 0 Å². The van der Waals surface area contributed by atoms with Gasteiger partial charge < -0.3 is 15.2 Å². The summed E-state index contributed by atoms with van der Waals surface area (Å²) in [5, 5.41) is 0.788. The van der Waals surface area contributed by atoms with Gasteiger partial charge in [0.05, 0.1) is 6.61 Å². The molecule has 86 valence electrons. The number of halogens is 1. The average molecular weight is 240 g/mol. The van der Waals surface area contributed by atoms with Crippen molar-refractivity contribution in [3.63, 3.8) is 0 Å². The maximum atomic E-state index is 6.30. The molecule has 0 radical (unpaired) electrons. The number of hydrogen-bond acceptors (Lipinski definition) is 3. The summed E-state index contributed by atoms with van der Waals surface area (Å²) in [6, 6.07) is 3.99. The number of nitrogens with two attached hydrogens (primary N) is 1. The fourth-order valence-corrected chi connectivity index (χ4v) is 2.63. The molecule has 3 rings (SSSR count). The molecule has 1 saturated carbocycles. The molecule has 0 amide bonds. The summed E-state index contributed by atoms with van der Waals surface area (Å²) in [6.07, 6.45) is 2.25. The summed E-state index contributed by atoms with van der Waals surface area (Å²) < 4.78 is 10.7. The van der Waals surface area contributed by atoms with Crippen LogP contribution in [-0.4, -0.2) is 13.3 Å². The summed E-state index contributed by atoms with van der Waals surface area (Å²) in [4.78, 5) is 0. The van der Waals surface area contributed by atoms with Crippen LogP contribution < -0.4 is 10.5 Å². The minimum Gasteiger partial charge on any atom is -0.467 e. The van der Waals surface area contributed by atoms with Crippen LogP contribution in [0.3, 0.4) is 0 Å². The number of rotatable bonds is 2. The highest BCUT2D eigenvalue weighted by Gasteiger charge is 2.44. The molecule has 2 N–H and O–H groups in total. The third-order valence-corrected chi connectivity index (χ3v) is 3.83. The van der Waals surface area contributed by atoms with E-state index < -0.39 is 0 Å². The molecule has 3 nitrogen and oxygen atoms in total. The van der Waals surface area contributed by atoms with Crippen LogP contribution in [0.4, 0.5) is 0 Å². The van der Waals surface area contributed by atoms with Gasteiger partial charge >= 0.3 is 0 Å². The minimum atomic E-state index is 0.105. The van der Waals surface area contributed by atoms with Gasteiger partial charge in [-0.05, 0) is 30.5 Å². The Hall–Kier alpha value is -0.770. The Balaban J connectivity index is 2.06. The Morgan fingerprint density at radius 2 is 2.19 bits per heavy atom. The van der Waals surface area contributed by atoms with E-state index in [2.05, 4.69) is 0 Å². The molecule has 16 heavy (non-hydrogen) atoms. The lowest BCUT2D eigenvalue weighted by atomic mass is 9.94. The molecular weight excluding hydrogens is 226 g/mol. The Labute approximate surface area is 99.5 Å². The van der Waals surface area contributed by atoms with Crippen LogP contribution >= 0.6 is 11.6 Å². The molecule has 0 bridgehead atoms. The van der Waals surface area contributed by atoms with E-state index in [4.69, 9.17) is 26.8 Å². The lowest BCUT2D eigenvalue weighted by Gasteiger charge is -2.22. The van der Waals surface area contributed by atoms with Gasteiger partial charge in [-0.25, -0.2) is 0 Å². The lowest BCUT2D eigenvalue weighted by molar-refractivity contribution is -0.0164. The van der Waals surface area contributed by atoms with Crippen molar-refractivity contribution in [1.82, 2.24) is 0 Å². The Morgan fingerprint density at radius 1 is 1.38 bits per heavy atom. The fraction of sp³-hybridized carbons (Fsp3) is 0.500. The highest BCUT2D eigenvalue weighted by atomic mass is 35.5. The topological polar surface area (TPSA) is 44.5 Å². The maximum Gasteiger partial charge on any atom is 0.189 e. The van der Waals surface area contributed by atoms with Crippen LogP contribution in [0.5, 0.6) is 5.75 Å². The molecule has 0 saturated heterocycles. The van der Waals surface area contributed by atoms with E-state index in [1.807, 2.05) is 12.1 Å². The van der Waals surface area contributed by atoms with Gasteiger partial charge in [0, 0.05) is 22.5 Å². The van der Waals surface area contributed by atoms with Gasteiger partial charge in [-0.1, -0.05) is 11.6 Å². The molecule has 1 fully saturated rings. The predicted octanol–water partition coefficient (Wildman–Crippen LogP) is 2.20. The summed E-state index contributed by atoms with van der Waals surface area (Å²) in [5.41, 5.74) is 8.08. The molecule has 1 aliphatic heterocycles. The zero-order valence-electron chi connectivity index (χ0n) is 8.96. The van der Waals surface area contributed by atoms with Crippen molar-refractivity contribution in [3.8, 4) is 5.75 Å². The molecule has 0 atom stereocenters. The van der Waals surface area contributed by atoms with E-state index in [1.165, 1.54) is 0 Å². The molecule has 4 heteroatoms. The van der Waals surface area contributed by atoms with Crippen LogP contribution in [0.25, 0.3) is 0 Å². The van der Waals surface area contributed by atoms with E-state index >= 15 is 0 Å². The third-order valence-electron chi connectivity index (χ3n) is 3.52. The second-order valence-electron chi connectivity index (χ2n) is 4.53. The molecule has 2 aliphatic rings. The van der Waals surface area contributed by atoms with Gasteiger partial charge in [0.1, 0.15) is 5.75 Å². The van der Waals surface area contributed by atoms with Gasteiger partial charge in [-0.3, -0.25) is 0 Å².